The number of aliphatic imine (C=N–C) groups is 1. The Bertz CT molecular complexity index is 1290. The lowest BCUT2D eigenvalue weighted by molar-refractivity contribution is 0.795. The fourth-order valence-electron chi connectivity index (χ4n) is 3.49. The van der Waals surface area contributed by atoms with Gasteiger partial charge < -0.3 is 16.0 Å². The van der Waals surface area contributed by atoms with Crippen LogP contribution < -0.4 is 16.0 Å². The van der Waals surface area contributed by atoms with Crippen molar-refractivity contribution in [2.75, 3.05) is 16.0 Å². The van der Waals surface area contributed by atoms with Crippen LogP contribution in [0.15, 0.2) is 77.8 Å². The fourth-order valence-corrected chi connectivity index (χ4v) is 5.12. The summed E-state index contributed by atoms with van der Waals surface area (Å²) in [5.41, 5.74) is 1.90. The van der Waals surface area contributed by atoms with Crippen molar-refractivity contribution >= 4 is 104 Å². The van der Waals surface area contributed by atoms with Crippen molar-refractivity contribution in [2.24, 2.45) is 4.99 Å². The van der Waals surface area contributed by atoms with Crippen LogP contribution in [0, 0.1) is 0 Å². The van der Waals surface area contributed by atoms with E-state index in [1.807, 2.05) is 36.4 Å². The van der Waals surface area contributed by atoms with Crippen LogP contribution in [0.5, 0.6) is 0 Å². The molecule has 3 aromatic carbocycles. The molecule has 10 heteroatoms. The summed E-state index contributed by atoms with van der Waals surface area (Å²) in [5, 5.41) is 11.9. The highest BCUT2D eigenvalue weighted by Crippen LogP contribution is 2.38. The Labute approximate surface area is 228 Å². The molecule has 0 radical (unpaired) electrons. The number of nitrogens with one attached hydrogen (secondary N) is 3. The van der Waals surface area contributed by atoms with Crippen molar-refractivity contribution in [2.45, 2.75) is 5.54 Å². The summed E-state index contributed by atoms with van der Waals surface area (Å²) in [6, 6.07) is 17.9. The Balaban J connectivity index is 1.62. The number of nitrogens with zero attached hydrogens (tertiary/aromatic N) is 1. The van der Waals surface area contributed by atoms with Gasteiger partial charge in [0, 0.05) is 48.9 Å². The molecule has 0 fully saturated rings. The molecule has 0 saturated heterocycles. The minimum Gasteiger partial charge on any atom is -0.347 e. The minimum absolute atomic E-state index is 0.354. The summed E-state index contributed by atoms with van der Waals surface area (Å²) >= 11 is 35.8. The number of hydrogen-bond acceptors (Lipinski definition) is 3. The van der Waals surface area contributed by atoms with Gasteiger partial charge in [-0.15, -0.1) is 0 Å². The molecule has 4 rings (SSSR count). The fraction of sp³-hybridized carbons (Fsp3) is 0.0417. The average Bonchev–Trinajstić information content (AvgIpc) is 3.23. The molecule has 4 nitrogen and oxygen atoms in total. The number of allylic oxidation sites excluding steroid dienone is 1. The molecule has 172 valence electrons. The SMILES string of the molecule is S=C(Nc1cc(Cl)cc(Cl)c1)Nc1ccccc1C1(C(=S)Nc2cc(Cl)cc(Cl)c2)C=CC=N1. The van der Waals surface area contributed by atoms with Gasteiger partial charge in [0.05, 0.1) is 0 Å². The van der Waals surface area contributed by atoms with Crippen LogP contribution in [0.25, 0.3) is 0 Å². The van der Waals surface area contributed by atoms with Gasteiger partial charge in [0.2, 0.25) is 0 Å². The van der Waals surface area contributed by atoms with Crippen molar-refractivity contribution in [1.29, 1.82) is 0 Å². The molecular formula is C24H16Cl4N4S2. The lowest BCUT2D eigenvalue weighted by atomic mass is 9.89. The van der Waals surface area contributed by atoms with E-state index < -0.39 is 5.54 Å². The van der Waals surface area contributed by atoms with Gasteiger partial charge in [0.25, 0.3) is 0 Å². The number of halogens is 4. The van der Waals surface area contributed by atoms with Gasteiger partial charge in [-0.3, -0.25) is 4.99 Å². The Kier molecular flexibility index (Phi) is 7.77. The van der Waals surface area contributed by atoms with Crippen molar-refractivity contribution in [3.05, 3.63) is 98.5 Å². The zero-order valence-corrected chi connectivity index (χ0v) is 21.9. The number of hydrogen-bond donors (Lipinski definition) is 3. The molecule has 1 unspecified atom stereocenters. The van der Waals surface area contributed by atoms with Crippen LogP contribution in [0.4, 0.5) is 17.1 Å². The number of para-hydroxylation sites is 1. The van der Waals surface area contributed by atoms with Crippen LogP contribution in [0.3, 0.4) is 0 Å². The minimum atomic E-state index is -0.956. The predicted molar refractivity (Wildman–Crippen MR) is 155 cm³/mol. The summed E-state index contributed by atoms with van der Waals surface area (Å²) in [4.78, 5) is 5.16. The summed E-state index contributed by atoms with van der Waals surface area (Å²) < 4.78 is 0. The number of benzene rings is 3. The summed E-state index contributed by atoms with van der Waals surface area (Å²) in [6.07, 6.45) is 5.47. The van der Waals surface area contributed by atoms with Crippen molar-refractivity contribution in [1.82, 2.24) is 0 Å². The second-order valence-corrected chi connectivity index (χ2v) is 9.86. The highest BCUT2D eigenvalue weighted by atomic mass is 35.5. The monoisotopic (exact) mass is 564 g/mol. The Morgan fingerprint density at radius 2 is 1.29 bits per heavy atom. The third-order valence-electron chi connectivity index (χ3n) is 4.87. The second-order valence-electron chi connectivity index (χ2n) is 7.30. The Morgan fingerprint density at radius 3 is 1.85 bits per heavy atom. The lowest BCUT2D eigenvalue weighted by Gasteiger charge is -2.29. The third kappa shape index (κ3) is 5.71. The molecule has 0 spiro atoms. The van der Waals surface area contributed by atoms with Crippen molar-refractivity contribution in [3.63, 3.8) is 0 Å². The lowest BCUT2D eigenvalue weighted by Crippen LogP contribution is -2.36. The Morgan fingerprint density at radius 1 is 0.735 bits per heavy atom. The van der Waals surface area contributed by atoms with E-state index in [1.54, 1.807) is 42.6 Å². The molecule has 1 aliphatic rings. The zero-order valence-electron chi connectivity index (χ0n) is 17.3. The summed E-state index contributed by atoms with van der Waals surface area (Å²) in [7, 11) is 0. The summed E-state index contributed by atoms with van der Waals surface area (Å²) in [5.74, 6) is 0. The molecule has 0 aromatic heterocycles. The zero-order chi connectivity index (χ0) is 24.3. The quantitative estimate of drug-likeness (QED) is 0.271. The largest absolute Gasteiger partial charge is 0.347 e. The normalized spacial score (nSPS) is 16.4. The topological polar surface area (TPSA) is 48.4 Å². The van der Waals surface area contributed by atoms with Gasteiger partial charge in [0.1, 0.15) is 4.99 Å². The molecule has 3 N–H and O–H groups in total. The van der Waals surface area contributed by atoms with Gasteiger partial charge in [-0.2, -0.15) is 0 Å². The molecule has 1 aliphatic heterocycles. The first-order valence-electron chi connectivity index (χ1n) is 9.89. The smallest absolute Gasteiger partial charge is 0.175 e. The predicted octanol–water partition coefficient (Wildman–Crippen LogP) is 8.38. The highest BCUT2D eigenvalue weighted by Gasteiger charge is 2.37. The Hall–Kier alpha value is -2.19. The maximum Gasteiger partial charge on any atom is 0.175 e. The molecule has 1 heterocycles. The van der Waals surface area contributed by atoms with Crippen LogP contribution in [0.2, 0.25) is 20.1 Å². The van der Waals surface area contributed by atoms with Gasteiger partial charge in [-0.25, -0.2) is 0 Å². The van der Waals surface area contributed by atoms with Crippen LogP contribution in [0.1, 0.15) is 5.56 Å². The number of thiocarbonyl (C=S) groups is 2. The van der Waals surface area contributed by atoms with Crippen LogP contribution >= 0.6 is 70.8 Å². The third-order valence-corrected chi connectivity index (χ3v) is 6.36. The molecule has 1 atom stereocenters. The molecule has 34 heavy (non-hydrogen) atoms. The average molecular weight is 566 g/mol. The van der Waals surface area contributed by atoms with Crippen LogP contribution in [-0.2, 0) is 5.54 Å². The number of anilines is 3. The molecule has 0 saturated carbocycles. The van der Waals surface area contributed by atoms with Gasteiger partial charge >= 0.3 is 0 Å². The van der Waals surface area contributed by atoms with E-state index in [9.17, 15) is 0 Å². The maximum atomic E-state index is 6.15. The molecule has 0 aliphatic carbocycles. The maximum absolute atomic E-state index is 6.15. The highest BCUT2D eigenvalue weighted by molar-refractivity contribution is 7.81. The van der Waals surface area contributed by atoms with E-state index in [4.69, 9.17) is 75.8 Å². The first kappa shape index (κ1) is 24.9. The van der Waals surface area contributed by atoms with E-state index in [1.165, 1.54) is 0 Å². The first-order chi connectivity index (χ1) is 16.2. The van der Waals surface area contributed by atoms with Crippen LogP contribution in [-0.4, -0.2) is 16.3 Å². The first-order valence-corrected chi connectivity index (χ1v) is 12.2. The molecule has 0 amide bonds. The van der Waals surface area contributed by atoms with Crippen molar-refractivity contribution in [3.8, 4) is 0 Å². The molecular weight excluding hydrogens is 550 g/mol. The standard InChI is InChI=1S/C24H16Cl4N4S2/c25-14-8-15(26)11-18(10-14)30-22(33)24(6-3-7-29-24)20-4-1-2-5-21(20)32-23(34)31-19-12-16(27)9-17(28)13-19/h1-13H,(H,30,33)(H2,31,32,34). The van der Waals surface area contributed by atoms with E-state index in [-0.39, 0.29) is 0 Å². The van der Waals surface area contributed by atoms with Gasteiger partial charge in [-0.1, -0.05) is 76.8 Å². The van der Waals surface area contributed by atoms with E-state index >= 15 is 0 Å². The van der Waals surface area contributed by atoms with Gasteiger partial charge in [0.15, 0.2) is 10.7 Å². The molecule has 0 bridgehead atoms. The van der Waals surface area contributed by atoms with E-state index in [0.29, 0.717) is 41.6 Å². The second kappa shape index (κ2) is 10.6. The summed E-state index contributed by atoms with van der Waals surface area (Å²) in [6.45, 7) is 0. The molecule has 3 aromatic rings. The van der Waals surface area contributed by atoms with Crippen molar-refractivity contribution < 1.29 is 0 Å². The van der Waals surface area contributed by atoms with E-state index in [0.717, 1.165) is 11.3 Å². The number of rotatable bonds is 5. The van der Waals surface area contributed by atoms with Gasteiger partial charge in [-0.05, 0) is 66.8 Å². The van der Waals surface area contributed by atoms with E-state index in [2.05, 4.69) is 16.0 Å².